The predicted molar refractivity (Wildman–Crippen MR) is 141 cm³/mol. The summed E-state index contributed by atoms with van der Waals surface area (Å²) in [7, 11) is -10.3. The van der Waals surface area contributed by atoms with Crippen molar-refractivity contribution in [2.75, 3.05) is 0 Å². The summed E-state index contributed by atoms with van der Waals surface area (Å²) in [6.45, 7) is 1.42. The van der Waals surface area contributed by atoms with E-state index in [9.17, 15) is 21.9 Å². The van der Waals surface area contributed by atoms with Gasteiger partial charge in [-0.15, -0.1) is 0 Å². The highest BCUT2D eigenvalue weighted by Crippen LogP contribution is 2.51. The molecule has 0 amide bonds. The molecule has 2 unspecified atom stereocenters. The molecular formula is C29H27FO5S2. The van der Waals surface area contributed by atoms with Crippen molar-refractivity contribution in [3.8, 4) is 0 Å². The molecule has 0 bridgehead atoms. The zero-order valence-corrected chi connectivity index (χ0v) is 21.7. The Hall–Kier alpha value is -3.33. The van der Waals surface area contributed by atoms with Crippen LogP contribution in [0.15, 0.2) is 131 Å². The second-order valence-corrected chi connectivity index (χ2v) is 13.4. The molecule has 4 aromatic carbocycles. The third-order valence-electron chi connectivity index (χ3n) is 6.46. The van der Waals surface area contributed by atoms with E-state index in [2.05, 4.69) is 0 Å². The summed E-state index contributed by atoms with van der Waals surface area (Å²) in [5, 5.41) is 11.5. The van der Waals surface area contributed by atoms with Crippen LogP contribution in [0.3, 0.4) is 0 Å². The molecule has 37 heavy (non-hydrogen) atoms. The molecule has 4 rings (SSSR count). The molecule has 4 aromatic rings. The van der Waals surface area contributed by atoms with Gasteiger partial charge in [-0.3, -0.25) is 0 Å². The maximum atomic E-state index is 17.8. The Morgan fingerprint density at radius 1 is 0.649 bits per heavy atom. The maximum Gasteiger partial charge on any atom is 0.324 e. The van der Waals surface area contributed by atoms with Gasteiger partial charge in [-0.2, -0.15) is 0 Å². The van der Waals surface area contributed by atoms with Crippen molar-refractivity contribution in [2.24, 2.45) is 0 Å². The van der Waals surface area contributed by atoms with Gasteiger partial charge in [0.2, 0.25) is 19.7 Å². The number of hydrogen-bond acceptors (Lipinski definition) is 5. The summed E-state index contributed by atoms with van der Waals surface area (Å²) in [6, 6.07) is 29.5. The highest BCUT2D eigenvalue weighted by Gasteiger charge is 2.63. The van der Waals surface area contributed by atoms with Crippen LogP contribution in [-0.4, -0.2) is 26.3 Å². The lowest BCUT2D eigenvalue weighted by Crippen LogP contribution is -2.49. The second kappa shape index (κ2) is 10.2. The first-order valence-electron chi connectivity index (χ1n) is 11.6. The topological polar surface area (TPSA) is 88.5 Å². The Morgan fingerprint density at radius 3 is 1.41 bits per heavy atom. The molecule has 0 aliphatic carbocycles. The van der Waals surface area contributed by atoms with Crippen LogP contribution >= 0.6 is 0 Å². The quantitative estimate of drug-likeness (QED) is 0.298. The Kier molecular flexibility index (Phi) is 7.37. The van der Waals surface area contributed by atoms with Gasteiger partial charge < -0.3 is 5.11 Å². The molecule has 5 nitrogen and oxygen atoms in total. The molecule has 0 saturated heterocycles. The second-order valence-electron chi connectivity index (χ2n) is 9.02. The fraction of sp³-hybridized carbons (Fsp3) is 0.172. The van der Waals surface area contributed by atoms with Gasteiger partial charge in [-0.25, -0.2) is 21.2 Å². The molecule has 1 N–H and O–H groups in total. The van der Waals surface area contributed by atoms with Crippen molar-refractivity contribution in [2.45, 2.75) is 39.0 Å². The Balaban J connectivity index is 2.04. The highest BCUT2D eigenvalue weighted by atomic mass is 32.3. The molecule has 0 aliphatic heterocycles. The fourth-order valence-corrected chi connectivity index (χ4v) is 9.07. The van der Waals surface area contributed by atoms with Crippen LogP contribution in [0.2, 0.25) is 0 Å². The standard InChI is InChI=1S/C29H27FO5S2/c1-28(31,24-16-8-3-9-17-24)22-27(23-14-6-2-7-15-23)29(30,36(32,33)25-18-10-4-11-19-25)37(34,35)26-20-12-5-13-21-26/h2-21,27,31H,22H2,1H3. The third kappa shape index (κ3) is 4.84. The van der Waals surface area contributed by atoms with Gasteiger partial charge in [0.1, 0.15) is 0 Å². The first kappa shape index (κ1) is 26.7. The van der Waals surface area contributed by atoms with Crippen LogP contribution in [0.1, 0.15) is 30.4 Å². The number of hydrogen-bond donors (Lipinski definition) is 1. The number of halogens is 1. The van der Waals surface area contributed by atoms with Gasteiger partial charge in [0.25, 0.3) is 0 Å². The number of benzene rings is 4. The van der Waals surface area contributed by atoms with Gasteiger partial charge in [0.05, 0.1) is 21.3 Å². The minimum absolute atomic E-state index is 0.125. The molecule has 192 valence electrons. The van der Waals surface area contributed by atoms with E-state index in [0.29, 0.717) is 5.56 Å². The first-order valence-corrected chi connectivity index (χ1v) is 14.6. The van der Waals surface area contributed by atoms with Crippen LogP contribution < -0.4 is 0 Å². The van der Waals surface area contributed by atoms with E-state index in [1.807, 2.05) is 0 Å². The monoisotopic (exact) mass is 538 g/mol. The van der Waals surface area contributed by atoms with Crippen LogP contribution in [0.5, 0.6) is 0 Å². The SMILES string of the molecule is CC(O)(CC(c1ccccc1)C(F)(S(=O)(=O)c1ccccc1)S(=O)(=O)c1ccccc1)c1ccccc1. The number of rotatable bonds is 9. The van der Waals surface area contributed by atoms with Gasteiger partial charge in [0, 0.05) is 0 Å². The molecule has 0 aromatic heterocycles. The molecule has 0 aliphatic rings. The van der Waals surface area contributed by atoms with Crippen LogP contribution in [-0.2, 0) is 25.3 Å². The normalized spacial score (nSPS) is 15.0. The summed E-state index contributed by atoms with van der Waals surface area (Å²) in [6.07, 6.45) is -0.532. The van der Waals surface area contributed by atoms with Crippen molar-refractivity contribution in [3.63, 3.8) is 0 Å². The first-order chi connectivity index (χ1) is 17.5. The Morgan fingerprint density at radius 2 is 1.00 bits per heavy atom. The molecule has 0 radical (unpaired) electrons. The average Bonchev–Trinajstić information content (AvgIpc) is 2.93. The highest BCUT2D eigenvalue weighted by molar-refractivity contribution is 8.10. The van der Waals surface area contributed by atoms with E-state index in [1.165, 1.54) is 67.6 Å². The number of aliphatic hydroxyl groups is 1. The lowest BCUT2D eigenvalue weighted by atomic mass is 9.83. The Labute approximate surface area is 217 Å². The fourth-order valence-electron chi connectivity index (χ4n) is 4.48. The summed E-state index contributed by atoms with van der Waals surface area (Å²) in [4.78, 5) is -0.949. The summed E-state index contributed by atoms with van der Waals surface area (Å²) >= 11 is 0. The van der Waals surface area contributed by atoms with E-state index in [0.717, 1.165) is 0 Å². The van der Waals surface area contributed by atoms with Crippen molar-refractivity contribution in [3.05, 3.63) is 132 Å². The summed E-state index contributed by atoms with van der Waals surface area (Å²) < 4.78 is 70.3. The number of sulfone groups is 2. The van der Waals surface area contributed by atoms with Gasteiger partial charge in [0.15, 0.2) is 0 Å². The lowest BCUT2D eigenvalue weighted by molar-refractivity contribution is 0.0319. The molecule has 0 spiro atoms. The van der Waals surface area contributed by atoms with Crippen molar-refractivity contribution < 1.29 is 26.3 Å². The molecule has 0 fully saturated rings. The van der Waals surface area contributed by atoms with Crippen molar-refractivity contribution in [1.29, 1.82) is 0 Å². The van der Waals surface area contributed by atoms with E-state index >= 15 is 4.39 Å². The predicted octanol–water partition coefficient (Wildman–Crippen LogP) is 5.64. The van der Waals surface area contributed by atoms with E-state index in [1.54, 1.807) is 60.7 Å². The van der Waals surface area contributed by atoms with Crippen molar-refractivity contribution in [1.82, 2.24) is 0 Å². The number of alkyl halides is 1. The smallest absolute Gasteiger partial charge is 0.324 e. The van der Waals surface area contributed by atoms with Crippen molar-refractivity contribution >= 4 is 19.7 Å². The van der Waals surface area contributed by atoms with Gasteiger partial charge >= 0.3 is 4.33 Å². The summed E-state index contributed by atoms with van der Waals surface area (Å²) in [5.41, 5.74) is -1.25. The molecule has 0 saturated carbocycles. The minimum Gasteiger partial charge on any atom is -0.385 e. The van der Waals surface area contributed by atoms with E-state index in [-0.39, 0.29) is 5.56 Å². The van der Waals surface area contributed by atoms with Crippen LogP contribution in [0, 0.1) is 0 Å². The van der Waals surface area contributed by atoms with E-state index in [4.69, 9.17) is 0 Å². The van der Waals surface area contributed by atoms with Gasteiger partial charge in [-0.05, 0) is 48.7 Å². The largest absolute Gasteiger partial charge is 0.385 e. The molecule has 0 heterocycles. The maximum absolute atomic E-state index is 17.8. The zero-order valence-electron chi connectivity index (χ0n) is 20.1. The lowest BCUT2D eigenvalue weighted by Gasteiger charge is -2.37. The van der Waals surface area contributed by atoms with Gasteiger partial charge in [-0.1, -0.05) is 97.1 Å². The molecule has 2 atom stereocenters. The zero-order chi connectivity index (χ0) is 26.7. The van der Waals surface area contributed by atoms with Crippen LogP contribution in [0.25, 0.3) is 0 Å². The Bertz CT molecular complexity index is 1470. The minimum atomic E-state index is -5.17. The average molecular weight is 539 g/mol. The summed E-state index contributed by atoms with van der Waals surface area (Å²) in [5.74, 6) is -1.79. The molecule has 8 heteroatoms. The third-order valence-corrected chi connectivity index (χ3v) is 11.6. The van der Waals surface area contributed by atoms with E-state index < -0.39 is 51.7 Å². The molecular weight excluding hydrogens is 511 g/mol. The van der Waals surface area contributed by atoms with Crippen LogP contribution in [0.4, 0.5) is 4.39 Å².